The van der Waals surface area contributed by atoms with Gasteiger partial charge in [-0.25, -0.2) is 9.97 Å². The quantitative estimate of drug-likeness (QED) is 0.743. The van der Waals surface area contributed by atoms with Gasteiger partial charge in [0.15, 0.2) is 0 Å². The minimum absolute atomic E-state index is 0.106. The van der Waals surface area contributed by atoms with Crippen LogP contribution in [-0.2, 0) is 0 Å². The summed E-state index contributed by atoms with van der Waals surface area (Å²) in [5.41, 5.74) is 2.97. The third kappa shape index (κ3) is 4.15. The van der Waals surface area contributed by atoms with Gasteiger partial charge >= 0.3 is 0 Å². The Morgan fingerprint density at radius 3 is 2.62 bits per heavy atom. The molecule has 0 aliphatic carbocycles. The zero-order valence-electron chi connectivity index (χ0n) is 15.3. The van der Waals surface area contributed by atoms with Crippen molar-refractivity contribution in [2.45, 2.75) is 13.0 Å². The van der Waals surface area contributed by atoms with Gasteiger partial charge in [-0.05, 0) is 38.7 Å². The Labute approximate surface area is 153 Å². The number of imidazole rings is 1. The molecule has 1 amide bonds. The van der Waals surface area contributed by atoms with Crippen LogP contribution >= 0.6 is 0 Å². The van der Waals surface area contributed by atoms with E-state index in [1.807, 2.05) is 14.1 Å². The maximum absolute atomic E-state index is 12.6. The van der Waals surface area contributed by atoms with E-state index in [0.29, 0.717) is 17.9 Å². The van der Waals surface area contributed by atoms with Crippen LogP contribution in [0, 0.1) is 6.92 Å². The number of rotatable bonds is 6. The molecule has 3 rings (SSSR count). The van der Waals surface area contributed by atoms with E-state index in [-0.39, 0.29) is 11.9 Å². The molecule has 0 spiro atoms. The molecule has 26 heavy (non-hydrogen) atoms. The van der Waals surface area contributed by atoms with Crippen molar-refractivity contribution in [3.63, 3.8) is 0 Å². The lowest BCUT2D eigenvalue weighted by atomic mass is 10.0. The predicted molar refractivity (Wildman–Crippen MR) is 101 cm³/mol. The summed E-state index contributed by atoms with van der Waals surface area (Å²) in [4.78, 5) is 23.0. The highest BCUT2D eigenvalue weighted by molar-refractivity contribution is 5.94. The van der Waals surface area contributed by atoms with Crippen LogP contribution in [-0.4, -0.2) is 46.0 Å². The van der Waals surface area contributed by atoms with E-state index in [9.17, 15) is 4.79 Å². The average molecular weight is 349 g/mol. The first kappa shape index (κ1) is 17.8. The minimum Gasteiger partial charge on any atom is -0.350 e. The van der Waals surface area contributed by atoms with E-state index in [1.165, 1.54) is 11.1 Å². The van der Waals surface area contributed by atoms with Crippen molar-refractivity contribution in [2.75, 3.05) is 20.6 Å². The van der Waals surface area contributed by atoms with Gasteiger partial charge in [0.25, 0.3) is 5.91 Å². The number of nitrogens with one attached hydrogen (secondary N) is 1. The Morgan fingerprint density at radius 1 is 1.19 bits per heavy atom. The van der Waals surface area contributed by atoms with Crippen LogP contribution in [0.5, 0.6) is 0 Å². The molecule has 0 unspecified atom stereocenters. The van der Waals surface area contributed by atoms with Crippen LogP contribution in [0.2, 0.25) is 0 Å². The van der Waals surface area contributed by atoms with Gasteiger partial charge in [0.2, 0.25) is 0 Å². The Morgan fingerprint density at radius 2 is 1.96 bits per heavy atom. The van der Waals surface area contributed by atoms with Crippen LogP contribution in [0.1, 0.15) is 27.5 Å². The van der Waals surface area contributed by atoms with E-state index < -0.39 is 0 Å². The fourth-order valence-electron chi connectivity index (χ4n) is 2.77. The molecule has 6 heteroatoms. The number of pyridine rings is 1. The first-order valence-corrected chi connectivity index (χ1v) is 8.50. The highest BCUT2D eigenvalue weighted by Crippen LogP contribution is 2.18. The molecule has 1 aromatic carbocycles. The third-order valence-electron chi connectivity index (χ3n) is 4.32. The highest BCUT2D eigenvalue weighted by Gasteiger charge is 2.16. The number of carbonyl (C=O) groups excluding carboxylic acids is 1. The summed E-state index contributed by atoms with van der Waals surface area (Å²) in [6, 6.07) is 12.0. The van der Waals surface area contributed by atoms with Crippen LogP contribution in [0.25, 0.3) is 5.82 Å². The molecule has 0 bridgehead atoms. The number of likely N-dealkylation sites (N-methyl/N-ethyl adjacent to an activating group) is 1. The number of aryl methyl sites for hydroxylation is 1. The maximum atomic E-state index is 12.6. The van der Waals surface area contributed by atoms with Crippen molar-refractivity contribution in [3.05, 3.63) is 78.0 Å². The smallest absolute Gasteiger partial charge is 0.251 e. The van der Waals surface area contributed by atoms with Crippen molar-refractivity contribution in [3.8, 4) is 5.82 Å². The number of aromatic nitrogens is 3. The van der Waals surface area contributed by atoms with Crippen LogP contribution in [0.15, 0.2) is 61.3 Å². The molecule has 0 fully saturated rings. The summed E-state index contributed by atoms with van der Waals surface area (Å²) in [5.74, 6) is 0.547. The second-order valence-corrected chi connectivity index (χ2v) is 6.47. The number of hydrogen-bond donors (Lipinski definition) is 1. The van der Waals surface area contributed by atoms with Gasteiger partial charge in [-0.15, -0.1) is 0 Å². The molecule has 0 aliphatic heterocycles. The number of amides is 1. The van der Waals surface area contributed by atoms with E-state index in [4.69, 9.17) is 0 Å². The molecule has 134 valence electrons. The Balaban J connectivity index is 1.71. The van der Waals surface area contributed by atoms with Crippen molar-refractivity contribution in [1.29, 1.82) is 0 Å². The molecular weight excluding hydrogens is 326 g/mol. The number of benzene rings is 1. The standard InChI is InChI=1S/C20H23N5O/c1-15-4-6-16(7-5-15)18(24(2)3)13-23-20(26)17-8-9-22-19(12-17)25-11-10-21-14-25/h4-12,14,18H,13H2,1-3H3,(H,23,26)/t18-/m0/s1. The van der Waals surface area contributed by atoms with Crippen LogP contribution in [0.3, 0.4) is 0 Å². The molecule has 0 saturated heterocycles. The van der Waals surface area contributed by atoms with E-state index in [0.717, 1.165) is 0 Å². The largest absolute Gasteiger partial charge is 0.350 e. The Bertz CT molecular complexity index is 856. The molecule has 0 radical (unpaired) electrons. The summed E-state index contributed by atoms with van der Waals surface area (Å²) in [6.45, 7) is 2.59. The predicted octanol–water partition coefficient (Wildman–Crippen LogP) is 2.61. The van der Waals surface area contributed by atoms with Crippen molar-refractivity contribution in [1.82, 2.24) is 24.8 Å². The van der Waals surface area contributed by atoms with Crippen molar-refractivity contribution in [2.24, 2.45) is 0 Å². The van der Waals surface area contributed by atoms with E-state index in [2.05, 4.69) is 51.4 Å². The fraction of sp³-hybridized carbons (Fsp3) is 0.250. The summed E-state index contributed by atoms with van der Waals surface area (Å²) in [6.07, 6.45) is 6.76. The van der Waals surface area contributed by atoms with Gasteiger partial charge in [0, 0.05) is 30.7 Å². The van der Waals surface area contributed by atoms with Gasteiger partial charge in [0.05, 0.1) is 6.04 Å². The summed E-state index contributed by atoms with van der Waals surface area (Å²) in [5, 5.41) is 3.03. The molecule has 2 heterocycles. The molecular formula is C20H23N5O. The van der Waals surface area contributed by atoms with E-state index in [1.54, 1.807) is 41.6 Å². The molecule has 3 aromatic rings. The fourth-order valence-corrected chi connectivity index (χ4v) is 2.77. The first-order chi connectivity index (χ1) is 12.5. The lowest BCUT2D eigenvalue weighted by Crippen LogP contribution is -2.34. The Kier molecular flexibility index (Phi) is 5.43. The van der Waals surface area contributed by atoms with Gasteiger partial charge in [0.1, 0.15) is 12.1 Å². The number of nitrogens with zero attached hydrogens (tertiary/aromatic N) is 4. The highest BCUT2D eigenvalue weighted by atomic mass is 16.1. The first-order valence-electron chi connectivity index (χ1n) is 8.50. The normalized spacial score (nSPS) is 12.2. The molecule has 1 atom stereocenters. The summed E-state index contributed by atoms with van der Waals surface area (Å²) < 4.78 is 1.77. The van der Waals surface area contributed by atoms with Gasteiger partial charge < -0.3 is 10.2 Å². The van der Waals surface area contributed by atoms with Gasteiger partial charge in [-0.2, -0.15) is 0 Å². The average Bonchev–Trinajstić information content (AvgIpc) is 3.18. The number of carbonyl (C=O) groups is 1. The second kappa shape index (κ2) is 7.93. The Hall–Kier alpha value is -2.99. The topological polar surface area (TPSA) is 63.1 Å². The van der Waals surface area contributed by atoms with Crippen LogP contribution in [0.4, 0.5) is 0 Å². The molecule has 0 saturated carbocycles. The van der Waals surface area contributed by atoms with E-state index >= 15 is 0 Å². The summed E-state index contributed by atoms with van der Waals surface area (Å²) in [7, 11) is 4.03. The minimum atomic E-state index is -0.118. The van der Waals surface area contributed by atoms with Crippen LogP contribution < -0.4 is 5.32 Å². The lowest BCUT2D eigenvalue weighted by molar-refractivity contribution is 0.0941. The third-order valence-corrected chi connectivity index (χ3v) is 4.32. The lowest BCUT2D eigenvalue weighted by Gasteiger charge is -2.25. The summed E-state index contributed by atoms with van der Waals surface area (Å²) >= 11 is 0. The second-order valence-electron chi connectivity index (χ2n) is 6.47. The maximum Gasteiger partial charge on any atom is 0.251 e. The molecule has 0 aliphatic rings. The molecule has 6 nitrogen and oxygen atoms in total. The monoisotopic (exact) mass is 349 g/mol. The zero-order chi connectivity index (χ0) is 18.5. The van der Waals surface area contributed by atoms with Gasteiger partial charge in [-0.3, -0.25) is 9.36 Å². The number of hydrogen-bond acceptors (Lipinski definition) is 4. The SMILES string of the molecule is Cc1ccc([C@H](CNC(=O)c2ccnc(-n3ccnc3)c2)N(C)C)cc1. The molecule has 2 aromatic heterocycles. The van der Waals surface area contributed by atoms with Crippen molar-refractivity contribution >= 4 is 5.91 Å². The molecule has 1 N–H and O–H groups in total. The van der Waals surface area contributed by atoms with Gasteiger partial charge in [-0.1, -0.05) is 29.8 Å². The zero-order valence-corrected chi connectivity index (χ0v) is 15.3. The van der Waals surface area contributed by atoms with Crippen molar-refractivity contribution < 1.29 is 4.79 Å².